The number of hydrogen-bond acceptors (Lipinski definition) is 4. The molecule has 6 heteroatoms. The number of aliphatic carboxylic acids is 1. The van der Waals surface area contributed by atoms with Gasteiger partial charge in [-0.1, -0.05) is 0 Å². The molecule has 1 atom stereocenters. The number of nitrogens with zero attached hydrogens (tertiary/aromatic N) is 1. The van der Waals surface area contributed by atoms with Gasteiger partial charge in [0.2, 0.25) is 0 Å². The van der Waals surface area contributed by atoms with Crippen molar-refractivity contribution in [3.63, 3.8) is 0 Å². The van der Waals surface area contributed by atoms with E-state index in [4.69, 9.17) is 25.9 Å². The van der Waals surface area contributed by atoms with E-state index in [0.717, 1.165) is 5.76 Å². The van der Waals surface area contributed by atoms with Gasteiger partial charge in [-0.25, -0.2) is 0 Å². The Labute approximate surface area is 104 Å². The third kappa shape index (κ3) is 3.46. The van der Waals surface area contributed by atoms with E-state index in [9.17, 15) is 4.79 Å². The van der Waals surface area contributed by atoms with Crippen molar-refractivity contribution < 1.29 is 19.1 Å². The maximum Gasteiger partial charge on any atom is 0.305 e. The van der Waals surface area contributed by atoms with Crippen molar-refractivity contribution in [1.29, 1.82) is 0 Å². The topological polar surface area (TPSA) is 62.9 Å². The number of halogens is 1. The standard InChI is InChI=1S/C11H14ClNO4/c12-10-2-1-9(17-10)6-13-3-4-16-7-8(13)5-11(14)15/h1-2,8H,3-7H2,(H,14,15). The van der Waals surface area contributed by atoms with Gasteiger partial charge in [0, 0.05) is 12.6 Å². The minimum atomic E-state index is -0.817. The lowest BCUT2D eigenvalue weighted by Crippen LogP contribution is -2.45. The van der Waals surface area contributed by atoms with Crippen molar-refractivity contribution in [1.82, 2.24) is 4.90 Å². The molecule has 0 amide bonds. The molecule has 2 heterocycles. The van der Waals surface area contributed by atoms with Crippen LogP contribution in [0.15, 0.2) is 16.5 Å². The third-order valence-electron chi connectivity index (χ3n) is 2.75. The Morgan fingerprint density at radius 2 is 2.41 bits per heavy atom. The second-order valence-corrected chi connectivity index (χ2v) is 4.38. The lowest BCUT2D eigenvalue weighted by molar-refractivity contribution is -0.140. The highest BCUT2D eigenvalue weighted by atomic mass is 35.5. The Morgan fingerprint density at radius 3 is 3.06 bits per heavy atom. The fourth-order valence-corrected chi connectivity index (χ4v) is 2.09. The molecule has 5 nitrogen and oxygen atoms in total. The average Bonchev–Trinajstić information content (AvgIpc) is 2.66. The number of furan rings is 1. The molecule has 1 saturated heterocycles. The van der Waals surface area contributed by atoms with Gasteiger partial charge in [0.1, 0.15) is 5.76 Å². The Hall–Kier alpha value is -1.04. The minimum Gasteiger partial charge on any atom is -0.481 e. The van der Waals surface area contributed by atoms with Crippen LogP contribution in [0.2, 0.25) is 5.22 Å². The van der Waals surface area contributed by atoms with Crippen LogP contribution in [0.25, 0.3) is 0 Å². The van der Waals surface area contributed by atoms with Gasteiger partial charge in [0.15, 0.2) is 5.22 Å². The summed E-state index contributed by atoms with van der Waals surface area (Å²) in [6.45, 7) is 2.33. The highest BCUT2D eigenvalue weighted by Gasteiger charge is 2.25. The first-order chi connectivity index (χ1) is 8.15. The van der Waals surface area contributed by atoms with Gasteiger partial charge in [-0.2, -0.15) is 0 Å². The summed E-state index contributed by atoms with van der Waals surface area (Å²) in [4.78, 5) is 12.8. The van der Waals surface area contributed by atoms with Gasteiger partial charge in [-0.05, 0) is 23.7 Å². The lowest BCUT2D eigenvalue weighted by Gasteiger charge is -2.34. The van der Waals surface area contributed by atoms with Crippen LogP contribution in [-0.4, -0.2) is 41.8 Å². The molecule has 94 valence electrons. The van der Waals surface area contributed by atoms with E-state index in [1.54, 1.807) is 12.1 Å². The van der Waals surface area contributed by atoms with Crippen LogP contribution in [0.1, 0.15) is 12.2 Å². The van der Waals surface area contributed by atoms with Gasteiger partial charge in [-0.3, -0.25) is 9.69 Å². The highest BCUT2D eigenvalue weighted by molar-refractivity contribution is 6.28. The van der Waals surface area contributed by atoms with Crippen molar-refractivity contribution in [2.75, 3.05) is 19.8 Å². The Morgan fingerprint density at radius 1 is 1.59 bits per heavy atom. The molecule has 0 saturated carbocycles. The Bertz CT molecular complexity index is 393. The number of carbonyl (C=O) groups is 1. The third-order valence-corrected chi connectivity index (χ3v) is 2.95. The summed E-state index contributed by atoms with van der Waals surface area (Å²) in [6.07, 6.45) is 0.0778. The summed E-state index contributed by atoms with van der Waals surface area (Å²) in [7, 11) is 0. The molecule has 0 bridgehead atoms. The zero-order chi connectivity index (χ0) is 12.3. The van der Waals surface area contributed by atoms with Crippen LogP contribution < -0.4 is 0 Å². The molecule has 17 heavy (non-hydrogen) atoms. The fraction of sp³-hybridized carbons (Fsp3) is 0.545. The molecule has 1 unspecified atom stereocenters. The van der Waals surface area contributed by atoms with Gasteiger partial charge in [0.05, 0.1) is 26.2 Å². The molecule has 0 spiro atoms. The fourth-order valence-electron chi connectivity index (χ4n) is 1.92. The smallest absolute Gasteiger partial charge is 0.305 e. The Kier molecular flexibility index (Phi) is 4.04. The van der Waals surface area contributed by atoms with Crippen LogP contribution in [0.3, 0.4) is 0 Å². The van der Waals surface area contributed by atoms with Gasteiger partial charge in [0.25, 0.3) is 0 Å². The summed E-state index contributed by atoms with van der Waals surface area (Å²) in [5.41, 5.74) is 0. The maximum absolute atomic E-state index is 10.7. The second-order valence-electron chi connectivity index (χ2n) is 4.00. The molecule has 0 aliphatic carbocycles. The molecule has 1 aromatic heterocycles. The summed E-state index contributed by atoms with van der Waals surface area (Å²) in [5.74, 6) is -0.0738. The SMILES string of the molecule is O=C(O)CC1COCCN1Cc1ccc(Cl)o1. The van der Waals surface area contributed by atoms with E-state index >= 15 is 0 Å². The van der Waals surface area contributed by atoms with Crippen LogP contribution in [0.4, 0.5) is 0 Å². The van der Waals surface area contributed by atoms with Crippen molar-refractivity contribution >= 4 is 17.6 Å². The number of carboxylic acid groups (broad SMARTS) is 1. The number of hydrogen-bond donors (Lipinski definition) is 1. The lowest BCUT2D eigenvalue weighted by atomic mass is 10.1. The molecule has 1 aliphatic rings. The van der Waals surface area contributed by atoms with E-state index in [-0.39, 0.29) is 12.5 Å². The number of ether oxygens (including phenoxy) is 1. The zero-order valence-electron chi connectivity index (χ0n) is 9.26. The number of carboxylic acids is 1. The quantitative estimate of drug-likeness (QED) is 0.890. The van der Waals surface area contributed by atoms with Crippen LogP contribution >= 0.6 is 11.6 Å². The normalized spacial score (nSPS) is 21.6. The summed E-state index contributed by atoms with van der Waals surface area (Å²) >= 11 is 5.69. The second kappa shape index (κ2) is 5.53. The molecule has 0 radical (unpaired) electrons. The van der Waals surface area contributed by atoms with Gasteiger partial charge in [-0.15, -0.1) is 0 Å². The van der Waals surface area contributed by atoms with Gasteiger partial charge >= 0.3 is 5.97 Å². The van der Waals surface area contributed by atoms with E-state index in [1.807, 2.05) is 4.90 Å². The number of morpholine rings is 1. The molecule has 1 aromatic rings. The average molecular weight is 260 g/mol. The van der Waals surface area contributed by atoms with E-state index in [2.05, 4.69) is 0 Å². The molecule has 0 aromatic carbocycles. The number of rotatable bonds is 4. The predicted octanol–water partition coefficient (Wildman–Crippen LogP) is 1.61. The van der Waals surface area contributed by atoms with Crippen molar-refractivity contribution in [2.24, 2.45) is 0 Å². The summed E-state index contributed by atoms with van der Waals surface area (Å²) in [6, 6.07) is 3.38. The summed E-state index contributed by atoms with van der Waals surface area (Å²) < 4.78 is 10.6. The van der Waals surface area contributed by atoms with E-state index in [0.29, 0.717) is 31.5 Å². The predicted molar refractivity (Wildman–Crippen MR) is 61.0 cm³/mol. The maximum atomic E-state index is 10.7. The van der Waals surface area contributed by atoms with Crippen LogP contribution in [-0.2, 0) is 16.1 Å². The monoisotopic (exact) mass is 259 g/mol. The molecule has 1 fully saturated rings. The summed E-state index contributed by atoms with van der Waals surface area (Å²) in [5, 5.41) is 9.18. The Balaban J connectivity index is 1.98. The first-order valence-corrected chi connectivity index (χ1v) is 5.81. The van der Waals surface area contributed by atoms with Crippen molar-refractivity contribution in [3.8, 4) is 0 Å². The minimum absolute atomic E-state index is 0.0778. The zero-order valence-corrected chi connectivity index (χ0v) is 10.0. The largest absolute Gasteiger partial charge is 0.481 e. The van der Waals surface area contributed by atoms with E-state index < -0.39 is 5.97 Å². The first kappa shape index (κ1) is 12.4. The molecular weight excluding hydrogens is 246 g/mol. The molecule has 2 rings (SSSR count). The first-order valence-electron chi connectivity index (χ1n) is 5.43. The van der Waals surface area contributed by atoms with Crippen molar-refractivity contribution in [2.45, 2.75) is 19.0 Å². The van der Waals surface area contributed by atoms with Crippen LogP contribution in [0.5, 0.6) is 0 Å². The molecular formula is C11H14ClNO4. The van der Waals surface area contributed by atoms with Crippen molar-refractivity contribution in [3.05, 3.63) is 23.1 Å². The molecule has 1 N–H and O–H groups in total. The van der Waals surface area contributed by atoms with Gasteiger partial charge < -0.3 is 14.3 Å². The van der Waals surface area contributed by atoms with E-state index in [1.165, 1.54) is 0 Å². The van der Waals surface area contributed by atoms with Crippen LogP contribution in [0, 0.1) is 0 Å². The molecule has 1 aliphatic heterocycles. The highest BCUT2D eigenvalue weighted by Crippen LogP contribution is 2.18.